The Kier molecular flexibility index (Phi) is 4.72. The van der Waals surface area contributed by atoms with E-state index in [0.717, 1.165) is 12.1 Å². The van der Waals surface area contributed by atoms with Gasteiger partial charge in [0, 0.05) is 12.1 Å². The maximum absolute atomic E-state index is 13.0. The minimum absolute atomic E-state index is 0.209. The van der Waals surface area contributed by atoms with Gasteiger partial charge in [-0.15, -0.1) is 0 Å². The third kappa shape index (κ3) is 4.50. The van der Waals surface area contributed by atoms with E-state index in [0.29, 0.717) is 16.9 Å². The fraction of sp³-hybridized carbons (Fsp3) is 0.722. The van der Waals surface area contributed by atoms with Crippen LogP contribution in [-0.2, 0) is 0 Å². The quantitative estimate of drug-likeness (QED) is 0.856. The van der Waals surface area contributed by atoms with Gasteiger partial charge in [0.1, 0.15) is 5.82 Å². The predicted molar refractivity (Wildman–Crippen MR) is 85.6 cm³/mol. The second-order valence-corrected chi connectivity index (χ2v) is 8.14. The summed E-state index contributed by atoms with van der Waals surface area (Å²) in [7, 11) is 0. The number of hydrogen-bond acceptors (Lipinski definition) is 2. The molecule has 1 fully saturated rings. The van der Waals surface area contributed by atoms with Crippen molar-refractivity contribution in [1.29, 1.82) is 0 Å². The van der Waals surface area contributed by atoms with Gasteiger partial charge in [-0.2, -0.15) is 0 Å². The maximum Gasteiger partial charge on any atom is 0.141 e. The summed E-state index contributed by atoms with van der Waals surface area (Å²) in [5, 5.41) is 3.77. The van der Waals surface area contributed by atoms with E-state index in [1.54, 1.807) is 6.07 Å². The fourth-order valence-corrected chi connectivity index (χ4v) is 4.25. The first kappa shape index (κ1) is 16.4. The van der Waals surface area contributed by atoms with E-state index in [2.05, 4.69) is 44.9 Å². The Hall–Kier alpha value is -0.960. The molecule has 1 aliphatic carbocycles. The molecule has 1 aliphatic rings. The first-order valence-corrected chi connectivity index (χ1v) is 8.08. The van der Waals surface area contributed by atoms with Crippen LogP contribution in [0.1, 0.15) is 72.0 Å². The smallest absolute Gasteiger partial charge is 0.141 e. The molecular formula is C18H29FN2. The molecule has 1 aromatic heterocycles. The van der Waals surface area contributed by atoms with Crippen LogP contribution in [0.25, 0.3) is 0 Å². The van der Waals surface area contributed by atoms with Gasteiger partial charge in [0.05, 0.1) is 11.9 Å². The van der Waals surface area contributed by atoms with E-state index in [9.17, 15) is 4.39 Å². The molecular weight excluding hydrogens is 263 g/mol. The van der Waals surface area contributed by atoms with Crippen LogP contribution < -0.4 is 5.32 Å². The van der Waals surface area contributed by atoms with Gasteiger partial charge in [-0.1, -0.05) is 34.6 Å². The molecule has 1 N–H and O–H groups in total. The second kappa shape index (κ2) is 6.04. The Labute approximate surface area is 128 Å². The van der Waals surface area contributed by atoms with Crippen LogP contribution in [0.15, 0.2) is 18.3 Å². The van der Waals surface area contributed by atoms with Crippen LogP contribution in [0, 0.1) is 16.6 Å². The van der Waals surface area contributed by atoms with Crippen molar-refractivity contribution in [1.82, 2.24) is 10.3 Å². The first-order valence-electron chi connectivity index (χ1n) is 8.08. The molecule has 0 aliphatic heterocycles. The average molecular weight is 292 g/mol. The lowest BCUT2D eigenvalue weighted by atomic mass is 9.63. The number of hydrogen-bond donors (Lipinski definition) is 1. The fourth-order valence-electron chi connectivity index (χ4n) is 4.25. The lowest BCUT2D eigenvalue weighted by Crippen LogP contribution is -2.45. The van der Waals surface area contributed by atoms with E-state index in [1.807, 2.05) is 0 Å². The summed E-state index contributed by atoms with van der Waals surface area (Å²) in [4.78, 5) is 4.25. The SMILES string of the molecule is CCC(NC1CC(C)(C)CC(C)(C)C1)c1ccc(F)cn1. The standard InChI is InChI=1S/C18H29FN2/c1-6-15(16-8-7-13(19)11-20-16)21-14-9-17(2,3)12-18(4,5)10-14/h7-8,11,14-15,21H,6,9-10,12H2,1-5H3. The van der Waals surface area contributed by atoms with E-state index >= 15 is 0 Å². The second-order valence-electron chi connectivity index (χ2n) is 8.14. The molecule has 1 unspecified atom stereocenters. The molecule has 1 heterocycles. The van der Waals surface area contributed by atoms with Crippen LogP contribution >= 0.6 is 0 Å². The van der Waals surface area contributed by atoms with Gasteiger partial charge >= 0.3 is 0 Å². The van der Waals surface area contributed by atoms with Gasteiger partial charge in [-0.05, 0) is 48.6 Å². The highest BCUT2D eigenvalue weighted by atomic mass is 19.1. The number of nitrogens with one attached hydrogen (secondary N) is 1. The van der Waals surface area contributed by atoms with Gasteiger partial charge in [0.15, 0.2) is 0 Å². The van der Waals surface area contributed by atoms with E-state index in [4.69, 9.17) is 0 Å². The van der Waals surface area contributed by atoms with Crippen LogP contribution in [0.5, 0.6) is 0 Å². The molecule has 1 saturated carbocycles. The molecule has 0 spiro atoms. The van der Waals surface area contributed by atoms with Crippen molar-refractivity contribution in [2.24, 2.45) is 10.8 Å². The van der Waals surface area contributed by atoms with Gasteiger partial charge in [-0.25, -0.2) is 4.39 Å². The van der Waals surface area contributed by atoms with Crippen LogP contribution in [-0.4, -0.2) is 11.0 Å². The molecule has 2 nitrogen and oxygen atoms in total. The van der Waals surface area contributed by atoms with Crippen molar-refractivity contribution in [2.75, 3.05) is 0 Å². The molecule has 0 amide bonds. The van der Waals surface area contributed by atoms with Gasteiger partial charge in [0.2, 0.25) is 0 Å². The molecule has 0 radical (unpaired) electrons. The molecule has 0 bridgehead atoms. The van der Waals surface area contributed by atoms with Crippen molar-refractivity contribution in [3.8, 4) is 0 Å². The Morgan fingerprint density at radius 1 is 1.24 bits per heavy atom. The van der Waals surface area contributed by atoms with Crippen molar-refractivity contribution >= 4 is 0 Å². The highest BCUT2D eigenvalue weighted by Crippen LogP contribution is 2.46. The molecule has 0 saturated heterocycles. The van der Waals surface area contributed by atoms with Crippen LogP contribution in [0.3, 0.4) is 0 Å². The molecule has 0 aromatic carbocycles. The van der Waals surface area contributed by atoms with Crippen molar-refractivity contribution in [3.63, 3.8) is 0 Å². The highest BCUT2D eigenvalue weighted by molar-refractivity contribution is 5.10. The topological polar surface area (TPSA) is 24.9 Å². The first-order chi connectivity index (χ1) is 9.71. The average Bonchev–Trinajstić information content (AvgIpc) is 2.33. The van der Waals surface area contributed by atoms with E-state index in [-0.39, 0.29) is 11.9 Å². The Morgan fingerprint density at radius 3 is 2.33 bits per heavy atom. The Morgan fingerprint density at radius 2 is 1.86 bits per heavy atom. The van der Waals surface area contributed by atoms with Crippen molar-refractivity contribution in [3.05, 3.63) is 29.8 Å². The summed E-state index contributed by atoms with van der Waals surface area (Å²) in [5.41, 5.74) is 1.68. The minimum Gasteiger partial charge on any atom is -0.306 e. The zero-order valence-electron chi connectivity index (χ0n) is 14.0. The maximum atomic E-state index is 13.0. The van der Waals surface area contributed by atoms with Crippen molar-refractivity contribution in [2.45, 2.75) is 72.4 Å². The lowest BCUT2D eigenvalue weighted by molar-refractivity contribution is 0.0796. The molecule has 21 heavy (non-hydrogen) atoms. The summed E-state index contributed by atoms with van der Waals surface area (Å²) in [5.74, 6) is -0.270. The van der Waals surface area contributed by atoms with E-state index in [1.165, 1.54) is 31.5 Å². The van der Waals surface area contributed by atoms with Gasteiger partial charge < -0.3 is 5.32 Å². The minimum atomic E-state index is -0.270. The molecule has 118 valence electrons. The monoisotopic (exact) mass is 292 g/mol. The predicted octanol–water partition coefficient (Wildman–Crippen LogP) is 4.87. The number of rotatable bonds is 4. The summed E-state index contributed by atoms with van der Waals surface area (Å²) >= 11 is 0. The van der Waals surface area contributed by atoms with Gasteiger partial charge in [0.25, 0.3) is 0 Å². The molecule has 2 rings (SSSR count). The number of halogens is 1. The summed E-state index contributed by atoms with van der Waals surface area (Å²) < 4.78 is 13.0. The third-order valence-corrected chi connectivity index (χ3v) is 4.51. The largest absolute Gasteiger partial charge is 0.306 e. The Bertz CT molecular complexity index is 449. The molecule has 3 heteroatoms. The summed E-state index contributed by atoms with van der Waals surface area (Å²) in [6, 6.07) is 4.01. The molecule has 1 aromatic rings. The molecule has 1 atom stereocenters. The third-order valence-electron chi connectivity index (χ3n) is 4.51. The van der Waals surface area contributed by atoms with Gasteiger partial charge in [-0.3, -0.25) is 4.98 Å². The summed E-state index contributed by atoms with van der Waals surface area (Å²) in [6.45, 7) is 11.6. The highest BCUT2D eigenvalue weighted by Gasteiger charge is 2.38. The van der Waals surface area contributed by atoms with Crippen molar-refractivity contribution < 1.29 is 4.39 Å². The Balaban J connectivity index is 2.09. The van der Waals surface area contributed by atoms with Crippen LogP contribution in [0.4, 0.5) is 4.39 Å². The number of aromatic nitrogens is 1. The lowest BCUT2D eigenvalue weighted by Gasteiger charge is -2.46. The van der Waals surface area contributed by atoms with E-state index < -0.39 is 0 Å². The normalized spacial score (nSPS) is 23.0. The number of pyridine rings is 1. The zero-order valence-corrected chi connectivity index (χ0v) is 14.0. The summed E-state index contributed by atoms with van der Waals surface area (Å²) in [6.07, 6.45) is 5.93. The number of nitrogens with zero attached hydrogens (tertiary/aromatic N) is 1. The zero-order chi connectivity index (χ0) is 15.7. The van der Waals surface area contributed by atoms with Crippen LogP contribution in [0.2, 0.25) is 0 Å².